The third-order valence-corrected chi connectivity index (χ3v) is 6.77. The summed E-state index contributed by atoms with van der Waals surface area (Å²) in [5.41, 5.74) is 7.12. The van der Waals surface area contributed by atoms with Crippen LogP contribution in [-0.2, 0) is 38.2 Å². The van der Waals surface area contributed by atoms with Gasteiger partial charge in [0.1, 0.15) is 18.7 Å². The minimum atomic E-state index is -1.36. The first-order valence-electron chi connectivity index (χ1n) is 11.5. The molecule has 0 radical (unpaired) electrons. The smallest absolute Gasteiger partial charge is 0.408 e. The summed E-state index contributed by atoms with van der Waals surface area (Å²) in [4.78, 5) is 38.3. The van der Waals surface area contributed by atoms with Gasteiger partial charge in [0.25, 0.3) is 0 Å². The first kappa shape index (κ1) is 26.6. The SMILES string of the molecule is NC(=O)[C@@H](CC[S@@](=O)c1ccccc1)NC(=O)[C@H](Cc1ccccc1)NC(=O)OCc1ccccc1. The van der Waals surface area contributed by atoms with E-state index >= 15 is 0 Å². The Bertz CT molecular complexity index is 1160. The number of nitrogens with two attached hydrogens (primary N) is 1. The van der Waals surface area contributed by atoms with Crippen LogP contribution in [0.1, 0.15) is 17.5 Å². The molecular weight excluding hydrogens is 478 g/mol. The maximum Gasteiger partial charge on any atom is 0.408 e. The van der Waals surface area contributed by atoms with E-state index in [1.54, 1.807) is 24.3 Å². The Morgan fingerprint density at radius 3 is 1.92 bits per heavy atom. The van der Waals surface area contributed by atoms with Gasteiger partial charge in [-0.05, 0) is 29.7 Å². The fourth-order valence-corrected chi connectivity index (χ4v) is 4.59. The minimum absolute atomic E-state index is 0.0432. The van der Waals surface area contributed by atoms with E-state index < -0.39 is 40.8 Å². The van der Waals surface area contributed by atoms with E-state index in [1.807, 2.05) is 66.7 Å². The molecule has 0 saturated heterocycles. The van der Waals surface area contributed by atoms with Crippen LogP contribution in [0, 0.1) is 0 Å². The molecule has 188 valence electrons. The molecule has 0 aliphatic carbocycles. The predicted molar refractivity (Wildman–Crippen MR) is 137 cm³/mol. The number of ether oxygens (including phenoxy) is 1. The lowest BCUT2D eigenvalue weighted by molar-refractivity contribution is -0.128. The van der Waals surface area contributed by atoms with Crippen molar-refractivity contribution < 1.29 is 23.3 Å². The zero-order chi connectivity index (χ0) is 25.8. The Morgan fingerprint density at radius 1 is 0.778 bits per heavy atom. The van der Waals surface area contributed by atoms with Crippen molar-refractivity contribution in [3.8, 4) is 0 Å². The van der Waals surface area contributed by atoms with Crippen LogP contribution in [0.4, 0.5) is 4.79 Å². The van der Waals surface area contributed by atoms with Crippen molar-refractivity contribution in [3.63, 3.8) is 0 Å². The first-order valence-corrected chi connectivity index (χ1v) is 12.8. The van der Waals surface area contributed by atoms with Gasteiger partial charge in [0.15, 0.2) is 0 Å². The van der Waals surface area contributed by atoms with Gasteiger partial charge in [0.2, 0.25) is 11.8 Å². The van der Waals surface area contributed by atoms with Gasteiger partial charge in [-0.25, -0.2) is 4.79 Å². The highest BCUT2D eigenvalue weighted by Crippen LogP contribution is 2.09. The fraction of sp³-hybridized carbons (Fsp3) is 0.222. The van der Waals surface area contributed by atoms with Gasteiger partial charge < -0.3 is 21.1 Å². The molecular formula is C27H29N3O5S. The second-order valence-corrected chi connectivity index (χ2v) is 9.63. The summed E-state index contributed by atoms with van der Waals surface area (Å²) in [6.45, 7) is 0.0432. The Kier molecular flexibility index (Phi) is 10.2. The van der Waals surface area contributed by atoms with Crippen molar-refractivity contribution in [1.82, 2.24) is 10.6 Å². The monoisotopic (exact) mass is 507 g/mol. The number of rotatable bonds is 12. The average molecular weight is 508 g/mol. The van der Waals surface area contributed by atoms with Crippen LogP contribution in [0.25, 0.3) is 0 Å². The second kappa shape index (κ2) is 13.8. The minimum Gasteiger partial charge on any atom is -0.445 e. The lowest BCUT2D eigenvalue weighted by Gasteiger charge is -2.22. The molecule has 0 saturated carbocycles. The summed E-state index contributed by atoms with van der Waals surface area (Å²) in [6, 6.07) is 25.1. The van der Waals surface area contributed by atoms with Crippen LogP contribution in [0.15, 0.2) is 95.9 Å². The van der Waals surface area contributed by atoms with E-state index in [9.17, 15) is 18.6 Å². The maximum absolute atomic E-state index is 13.1. The molecule has 36 heavy (non-hydrogen) atoms. The summed E-state index contributed by atoms with van der Waals surface area (Å²) < 4.78 is 17.8. The van der Waals surface area contributed by atoms with Crippen molar-refractivity contribution in [2.24, 2.45) is 5.73 Å². The Balaban J connectivity index is 1.64. The quantitative estimate of drug-likeness (QED) is 0.347. The van der Waals surface area contributed by atoms with Gasteiger partial charge in [-0.3, -0.25) is 13.8 Å². The molecule has 0 heterocycles. The molecule has 0 spiro atoms. The van der Waals surface area contributed by atoms with Gasteiger partial charge in [0, 0.05) is 17.1 Å². The van der Waals surface area contributed by atoms with Gasteiger partial charge in [0.05, 0.1) is 10.8 Å². The molecule has 0 aliphatic heterocycles. The third kappa shape index (κ3) is 8.66. The van der Waals surface area contributed by atoms with Gasteiger partial charge in [-0.1, -0.05) is 78.9 Å². The lowest BCUT2D eigenvalue weighted by atomic mass is 10.0. The third-order valence-electron chi connectivity index (χ3n) is 5.36. The Morgan fingerprint density at radius 2 is 1.33 bits per heavy atom. The molecule has 4 N–H and O–H groups in total. The van der Waals surface area contributed by atoms with Crippen molar-refractivity contribution in [1.29, 1.82) is 0 Å². The number of carbonyl (C=O) groups excluding carboxylic acids is 3. The molecule has 0 bridgehead atoms. The second-order valence-electron chi connectivity index (χ2n) is 8.06. The molecule has 0 aliphatic rings. The molecule has 0 aromatic heterocycles. The average Bonchev–Trinajstić information content (AvgIpc) is 2.90. The van der Waals surface area contributed by atoms with Crippen molar-refractivity contribution >= 4 is 28.7 Å². The molecule has 3 atom stereocenters. The summed E-state index contributed by atoms with van der Waals surface area (Å²) in [5, 5.41) is 5.19. The topological polar surface area (TPSA) is 128 Å². The van der Waals surface area contributed by atoms with E-state index in [4.69, 9.17) is 10.5 Å². The van der Waals surface area contributed by atoms with Crippen LogP contribution in [0.3, 0.4) is 0 Å². The Labute approximate surface area is 212 Å². The number of amides is 3. The van der Waals surface area contributed by atoms with Gasteiger partial charge in [-0.15, -0.1) is 0 Å². The number of carbonyl (C=O) groups is 3. The van der Waals surface area contributed by atoms with E-state index in [0.717, 1.165) is 11.1 Å². The highest BCUT2D eigenvalue weighted by Gasteiger charge is 2.27. The zero-order valence-corrected chi connectivity index (χ0v) is 20.5. The summed E-state index contributed by atoms with van der Waals surface area (Å²) >= 11 is 0. The number of alkyl carbamates (subject to hydrolysis) is 1. The molecule has 3 aromatic rings. The number of hydrogen-bond donors (Lipinski definition) is 3. The van der Waals surface area contributed by atoms with Crippen LogP contribution in [-0.4, -0.2) is 40.0 Å². The number of benzene rings is 3. The molecule has 3 amide bonds. The molecule has 8 nitrogen and oxygen atoms in total. The fourth-order valence-electron chi connectivity index (χ4n) is 3.44. The van der Waals surface area contributed by atoms with E-state index in [0.29, 0.717) is 4.90 Å². The van der Waals surface area contributed by atoms with Crippen molar-refractivity contribution in [3.05, 3.63) is 102 Å². The van der Waals surface area contributed by atoms with Crippen LogP contribution in [0.5, 0.6) is 0 Å². The van der Waals surface area contributed by atoms with Gasteiger partial charge >= 0.3 is 6.09 Å². The largest absolute Gasteiger partial charge is 0.445 e. The number of primary amides is 1. The summed E-state index contributed by atoms with van der Waals surface area (Å²) in [6.07, 6.45) is -0.510. The molecule has 0 unspecified atom stereocenters. The summed E-state index contributed by atoms with van der Waals surface area (Å²) in [7, 11) is -1.36. The van der Waals surface area contributed by atoms with Crippen molar-refractivity contribution in [2.45, 2.75) is 36.4 Å². The van der Waals surface area contributed by atoms with Crippen LogP contribution >= 0.6 is 0 Å². The molecule has 3 aromatic carbocycles. The maximum atomic E-state index is 13.1. The van der Waals surface area contributed by atoms with Crippen LogP contribution < -0.4 is 16.4 Å². The molecule has 3 rings (SSSR count). The first-order chi connectivity index (χ1) is 17.4. The predicted octanol–water partition coefficient (Wildman–Crippen LogP) is 2.69. The van der Waals surface area contributed by atoms with E-state index in [2.05, 4.69) is 10.6 Å². The van der Waals surface area contributed by atoms with Crippen LogP contribution in [0.2, 0.25) is 0 Å². The zero-order valence-electron chi connectivity index (χ0n) is 19.7. The summed E-state index contributed by atoms with van der Waals surface area (Å²) in [5.74, 6) is -1.21. The molecule has 0 fully saturated rings. The number of hydrogen-bond acceptors (Lipinski definition) is 5. The van der Waals surface area contributed by atoms with E-state index in [-0.39, 0.29) is 25.2 Å². The normalized spacial score (nSPS) is 13.1. The highest BCUT2D eigenvalue weighted by atomic mass is 32.2. The van der Waals surface area contributed by atoms with Crippen molar-refractivity contribution in [2.75, 3.05) is 5.75 Å². The standard InChI is InChI=1S/C27H29N3O5S/c28-25(31)23(16-17-36(34)22-14-8-3-9-15-22)29-26(32)24(18-20-10-4-1-5-11-20)30-27(33)35-19-21-12-6-2-7-13-21/h1-15,23-24H,16-19H2,(H2,28,31)(H,29,32)(H,30,33)/t23-,24+,36-/m1/s1. The van der Waals surface area contributed by atoms with E-state index in [1.165, 1.54) is 0 Å². The Hall–Kier alpha value is -3.98. The highest BCUT2D eigenvalue weighted by molar-refractivity contribution is 7.85. The number of nitrogens with one attached hydrogen (secondary N) is 2. The lowest BCUT2D eigenvalue weighted by Crippen LogP contribution is -2.54. The van der Waals surface area contributed by atoms with Gasteiger partial charge in [-0.2, -0.15) is 0 Å². The molecule has 9 heteroatoms.